The van der Waals surface area contributed by atoms with Gasteiger partial charge < -0.3 is 5.73 Å². The first-order valence-corrected chi connectivity index (χ1v) is 4.88. The van der Waals surface area contributed by atoms with E-state index in [0.29, 0.717) is 18.5 Å². The van der Waals surface area contributed by atoms with Crippen LogP contribution in [0.5, 0.6) is 0 Å². The van der Waals surface area contributed by atoms with Gasteiger partial charge in [0.25, 0.3) is 5.56 Å². The summed E-state index contributed by atoms with van der Waals surface area (Å²) in [4.78, 5) is 16.1. The largest absolute Gasteiger partial charge is 0.329 e. The van der Waals surface area contributed by atoms with E-state index in [1.807, 2.05) is 25.1 Å². The van der Waals surface area contributed by atoms with Crippen molar-refractivity contribution in [1.82, 2.24) is 9.55 Å². The van der Waals surface area contributed by atoms with Crippen LogP contribution >= 0.6 is 0 Å². The van der Waals surface area contributed by atoms with Gasteiger partial charge in [-0.2, -0.15) is 0 Å². The molecule has 0 amide bonds. The first-order chi connectivity index (χ1) is 7.22. The Morgan fingerprint density at radius 2 is 2.27 bits per heavy atom. The summed E-state index contributed by atoms with van der Waals surface area (Å²) in [6.45, 7) is 2.91. The number of aromatic nitrogens is 2. The summed E-state index contributed by atoms with van der Waals surface area (Å²) < 4.78 is 1.54. The van der Waals surface area contributed by atoms with Gasteiger partial charge in [-0.15, -0.1) is 0 Å². The van der Waals surface area contributed by atoms with Gasteiger partial charge in [-0.3, -0.25) is 9.36 Å². The maximum atomic E-state index is 11.9. The number of nitrogens with zero attached hydrogens (tertiary/aromatic N) is 2. The third-order valence-electron chi connectivity index (χ3n) is 2.35. The molecule has 15 heavy (non-hydrogen) atoms. The standard InChI is InChI=1S/C11H13N3O/c1-8-2-3-10-9(6-8)11(15)14(5-4-12)7-13-10/h2-3,6-7H,4-5,12H2,1H3. The molecule has 78 valence electrons. The maximum Gasteiger partial charge on any atom is 0.261 e. The summed E-state index contributed by atoms with van der Waals surface area (Å²) >= 11 is 0. The van der Waals surface area contributed by atoms with Gasteiger partial charge in [0.05, 0.1) is 17.2 Å². The summed E-state index contributed by atoms with van der Waals surface area (Å²) in [6, 6.07) is 5.67. The minimum absolute atomic E-state index is 0.0193. The topological polar surface area (TPSA) is 60.9 Å². The lowest BCUT2D eigenvalue weighted by atomic mass is 10.2. The molecular weight excluding hydrogens is 190 g/mol. The normalized spacial score (nSPS) is 10.8. The van der Waals surface area contributed by atoms with Crippen molar-refractivity contribution in [2.75, 3.05) is 6.54 Å². The SMILES string of the molecule is Cc1ccc2ncn(CCN)c(=O)c2c1. The Hall–Kier alpha value is -1.68. The van der Waals surface area contributed by atoms with Crippen molar-refractivity contribution in [3.05, 3.63) is 40.4 Å². The highest BCUT2D eigenvalue weighted by Gasteiger charge is 2.02. The van der Waals surface area contributed by atoms with Crippen molar-refractivity contribution in [2.24, 2.45) is 5.73 Å². The Kier molecular flexibility index (Phi) is 2.51. The van der Waals surface area contributed by atoms with Crippen LogP contribution in [0, 0.1) is 6.92 Å². The summed E-state index contributed by atoms with van der Waals surface area (Å²) in [5, 5.41) is 0.658. The van der Waals surface area contributed by atoms with E-state index in [4.69, 9.17) is 5.73 Å². The first kappa shape index (κ1) is 9.86. The maximum absolute atomic E-state index is 11.9. The highest BCUT2D eigenvalue weighted by atomic mass is 16.1. The average Bonchev–Trinajstić information content (AvgIpc) is 2.23. The Morgan fingerprint density at radius 3 is 3.00 bits per heavy atom. The zero-order chi connectivity index (χ0) is 10.8. The lowest BCUT2D eigenvalue weighted by Gasteiger charge is -2.04. The second-order valence-electron chi connectivity index (χ2n) is 3.55. The van der Waals surface area contributed by atoms with Crippen molar-refractivity contribution < 1.29 is 0 Å². The van der Waals surface area contributed by atoms with E-state index >= 15 is 0 Å². The molecule has 0 saturated carbocycles. The number of aryl methyl sites for hydroxylation is 1. The van der Waals surface area contributed by atoms with Gasteiger partial charge in [0.1, 0.15) is 0 Å². The van der Waals surface area contributed by atoms with Crippen LogP contribution in [0.3, 0.4) is 0 Å². The molecule has 1 aromatic carbocycles. The van der Waals surface area contributed by atoms with Crippen molar-refractivity contribution >= 4 is 10.9 Å². The van der Waals surface area contributed by atoms with E-state index in [-0.39, 0.29) is 5.56 Å². The highest BCUT2D eigenvalue weighted by molar-refractivity contribution is 5.77. The Morgan fingerprint density at radius 1 is 1.47 bits per heavy atom. The van der Waals surface area contributed by atoms with Crippen LogP contribution in [0.4, 0.5) is 0 Å². The molecule has 2 rings (SSSR count). The third kappa shape index (κ3) is 1.76. The zero-order valence-electron chi connectivity index (χ0n) is 8.60. The van der Waals surface area contributed by atoms with E-state index in [1.54, 1.807) is 10.9 Å². The van der Waals surface area contributed by atoms with E-state index in [2.05, 4.69) is 4.98 Å². The predicted octanol–water partition coefficient (Wildman–Crippen LogP) is 0.664. The Balaban J connectivity index is 2.71. The van der Waals surface area contributed by atoms with Crippen molar-refractivity contribution in [3.63, 3.8) is 0 Å². The van der Waals surface area contributed by atoms with Gasteiger partial charge >= 0.3 is 0 Å². The van der Waals surface area contributed by atoms with Crippen LogP contribution in [0.15, 0.2) is 29.3 Å². The quantitative estimate of drug-likeness (QED) is 0.780. The van der Waals surface area contributed by atoms with Crippen LogP contribution in [-0.2, 0) is 6.54 Å². The highest BCUT2D eigenvalue weighted by Crippen LogP contribution is 2.08. The number of rotatable bonds is 2. The fraction of sp³-hybridized carbons (Fsp3) is 0.273. The summed E-state index contributed by atoms with van der Waals surface area (Å²) in [5.74, 6) is 0. The summed E-state index contributed by atoms with van der Waals surface area (Å²) in [7, 11) is 0. The number of nitrogens with two attached hydrogens (primary N) is 1. The molecule has 4 nitrogen and oxygen atoms in total. The monoisotopic (exact) mass is 203 g/mol. The van der Waals surface area contributed by atoms with E-state index < -0.39 is 0 Å². The van der Waals surface area contributed by atoms with Crippen LogP contribution in [-0.4, -0.2) is 16.1 Å². The van der Waals surface area contributed by atoms with Gasteiger partial charge in [-0.25, -0.2) is 4.98 Å². The molecule has 1 heterocycles. The van der Waals surface area contributed by atoms with E-state index in [1.165, 1.54) is 0 Å². The Bertz CT molecular complexity index is 545. The van der Waals surface area contributed by atoms with Crippen molar-refractivity contribution in [1.29, 1.82) is 0 Å². The number of fused-ring (bicyclic) bond motifs is 1. The first-order valence-electron chi connectivity index (χ1n) is 4.88. The lowest BCUT2D eigenvalue weighted by Crippen LogP contribution is -2.24. The van der Waals surface area contributed by atoms with E-state index in [0.717, 1.165) is 11.1 Å². The molecule has 1 aromatic heterocycles. The molecule has 0 aliphatic rings. The van der Waals surface area contributed by atoms with Crippen molar-refractivity contribution in [2.45, 2.75) is 13.5 Å². The molecule has 0 spiro atoms. The number of hydrogen-bond acceptors (Lipinski definition) is 3. The molecule has 4 heteroatoms. The molecule has 2 aromatic rings. The van der Waals surface area contributed by atoms with Crippen molar-refractivity contribution in [3.8, 4) is 0 Å². The molecule has 0 saturated heterocycles. The summed E-state index contributed by atoms with van der Waals surface area (Å²) in [5.41, 5.74) is 7.19. The summed E-state index contributed by atoms with van der Waals surface area (Å²) in [6.07, 6.45) is 1.55. The smallest absolute Gasteiger partial charge is 0.261 e. The second-order valence-corrected chi connectivity index (χ2v) is 3.55. The predicted molar refractivity (Wildman–Crippen MR) is 59.8 cm³/mol. The third-order valence-corrected chi connectivity index (χ3v) is 2.35. The fourth-order valence-corrected chi connectivity index (χ4v) is 1.57. The van der Waals surface area contributed by atoms with Crippen LogP contribution in [0.1, 0.15) is 5.56 Å². The zero-order valence-corrected chi connectivity index (χ0v) is 8.60. The second kappa shape index (κ2) is 3.82. The number of benzene rings is 1. The molecule has 0 unspecified atom stereocenters. The van der Waals surface area contributed by atoms with E-state index in [9.17, 15) is 4.79 Å². The molecule has 0 bridgehead atoms. The molecule has 2 N–H and O–H groups in total. The number of hydrogen-bond donors (Lipinski definition) is 1. The van der Waals surface area contributed by atoms with Crippen LogP contribution < -0.4 is 11.3 Å². The van der Waals surface area contributed by atoms with Gasteiger partial charge in [-0.1, -0.05) is 11.6 Å². The average molecular weight is 203 g/mol. The van der Waals surface area contributed by atoms with Gasteiger partial charge in [0.15, 0.2) is 0 Å². The van der Waals surface area contributed by atoms with Gasteiger partial charge in [0.2, 0.25) is 0 Å². The molecule has 0 radical (unpaired) electrons. The molecule has 0 fully saturated rings. The minimum atomic E-state index is -0.0193. The van der Waals surface area contributed by atoms with Gasteiger partial charge in [-0.05, 0) is 19.1 Å². The Labute approximate surface area is 87.4 Å². The minimum Gasteiger partial charge on any atom is -0.329 e. The molecule has 0 atom stereocenters. The van der Waals surface area contributed by atoms with Crippen LogP contribution in [0.2, 0.25) is 0 Å². The molecule has 0 aliphatic carbocycles. The van der Waals surface area contributed by atoms with Crippen LogP contribution in [0.25, 0.3) is 10.9 Å². The van der Waals surface area contributed by atoms with Gasteiger partial charge in [0, 0.05) is 13.1 Å². The molecule has 0 aliphatic heterocycles. The molecular formula is C11H13N3O. The fourth-order valence-electron chi connectivity index (χ4n) is 1.57. The lowest BCUT2D eigenvalue weighted by molar-refractivity contribution is 0.673.